The smallest absolute Gasteiger partial charge is 0.127 e. The molecular formula is C128H190Cl2N2O16. The van der Waals surface area contributed by atoms with Crippen molar-refractivity contribution in [3.05, 3.63) is 297 Å². The first-order valence-electron chi connectivity index (χ1n) is 56.0. The highest BCUT2D eigenvalue weighted by Gasteiger charge is 2.32. The molecule has 0 heterocycles. The van der Waals surface area contributed by atoms with E-state index in [9.17, 15) is 10.2 Å². The second kappa shape index (κ2) is 73.5. The quantitative estimate of drug-likeness (QED) is 0.0272. The minimum atomic E-state index is -0.740. The van der Waals surface area contributed by atoms with Crippen LogP contribution in [0.5, 0.6) is 23.0 Å². The summed E-state index contributed by atoms with van der Waals surface area (Å²) in [4.78, 5) is 0. The van der Waals surface area contributed by atoms with E-state index in [4.69, 9.17) is 66.3 Å². The molecule has 20 heteroatoms. The highest BCUT2D eigenvalue weighted by atomic mass is 35.5. The fourth-order valence-electron chi connectivity index (χ4n) is 19.4. The molecule has 0 aliphatic heterocycles. The maximum atomic E-state index is 11.7. The number of ether oxygens (including phenoxy) is 14. The van der Waals surface area contributed by atoms with E-state index in [2.05, 4.69) is 304 Å². The topological polar surface area (TPSA) is 170 Å². The molecule has 0 fully saturated rings. The zero-order valence-corrected chi connectivity index (χ0v) is 94.9. The maximum Gasteiger partial charge on any atom is 0.127 e. The first-order valence-corrected chi connectivity index (χ1v) is 56.0. The Kier molecular flexibility index (Phi) is 63.1. The Labute approximate surface area is 906 Å². The number of halogens is 2. The lowest BCUT2D eigenvalue weighted by molar-refractivity contribution is -0.873. The zero-order valence-electron chi connectivity index (χ0n) is 93.4. The molecule has 0 aliphatic rings. The average molecular weight is 2080 g/mol. The molecule has 9 aromatic rings. The van der Waals surface area contributed by atoms with Gasteiger partial charge in [0.15, 0.2) is 0 Å². The van der Waals surface area contributed by atoms with Crippen molar-refractivity contribution < 1.29 is 110 Å². The molecule has 2 N–H and O–H groups in total. The summed E-state index contributed by atoms with van der Waals surface area (Å²) in [5.74, 6) is 2.94. The third-order valence-corrected chi connectivity index (χ3v) is 28.4. The van der Waals surface area contributed by atoms with Gasteiger partial charge in [-0.3, -0.25) is 0 Å². The number of nitrogens with zero attached hydrogens (tertiary/aromatic N) is 2. The molecule has 9 rings (SSSR count). The highest BCUT2D eigenvalue weighted by molar-refractivity contribution is 5.57. The van der Waals surface area contributed by atoms with Gasteiger partial charge in [-0.2, -0.15) is 0 Å². The molecule has 0 aliphatic carbocycles. The highest BCUT2D eigenvalue weighted by Crippen LogP contribution is 2.46. The summed E-state index contributed by atoms with van der Waals surface area (Å²) in [5.41, 5.74) is 14.1. The summed E-state index contributed by atoms with van der Waals surface area (Å²) in [7, 11) is 15.9. The summed E-state index contributed by atoms with van der Waals surface area (Å²) in [6, 6.07) is 81.7. The Morgan fingerprint density at radius 3 is 0.743 bits per heavy atom. The van der Waals surface area contributed by atoms with Crippen molar-refractivity contribution in [3.63, 3.8) is 0 Å². The predicted molar refractivity (Wildman–Crippen MR) is 598 cm³/mol. The molecular weight excluding hydrogens is 1890 g/mol. The minimum absolute atomic E-state index is 0. The van der Waals surface area contributed by atoms with Crippen molar-refractivity contribution >= 4 is 0 Å². The van der Waals surface area contributed by atoms with Crippen molar-refractivity contribution in [3.8, 4) is 23.0 Å². The number of methoxy groups -OCH3 is 2. The third-order valence-electron chi connectivity index (χ3n) is 28.4. The SMILES string of the molecule is CCCCCCCCCCCCCCC(COC(COCCOC)COc1cccc(OCC(COCCOC)OCC(CCCCCCCCCCCCCC)OCC(COc2c(C(C)c3ccccc3)cc(C(C)c3ccccc3)cc2C(C)c2ccccc2)OCC(O)C[N+](C)(C)C)c1)OCC(COc1c(C(C)c2ccccc2)cc(C(C)c2ccccc2)cc1C(C)c1ccccc1)OCC(O)C[N+](C)(C)C.[Cl-].[Cl-]. The molecule has 0 saturated carbocycles. The summed E-state index contributed by atoms with van der Waals surface area (Å²) < 4.78 is 95.4. The number of hydrogen-bond donors (Lipinski definition) is 2. The van der Waals surface area contributed by atoms with Crippen LogP contribution in [-0.2, 0) is 47.4 Å². The first-order chi connectivity index (χ1) is 70.9. The van der Waals surface area contributed by atoms with Crippen LogP contribution in [-0.4, -0.2) is 243 Å². The number of rotatable bonds is 82. The van der Waals surface area contributed by atoms with Crippen LogP contribution < -0.4 is 43.8 Å². The second-order valence-corrected chi connectivity index (χ2v) is 43.0. The van der Waals surface area contributed by atoms with E-state index >= 15 is 0 Å². The lowest BCUT2D eigenvalue weighted by atomic mass is 9.81. The van der Waals surface area contributed by atoms with Crippen LogP contribution >= 0.6 is 0 Å². The fraction of sp³-hybridized carbons (Fsp3) is 0.578. The van der Waals surface area contributed by atoms with Gasteiger partial charge in [0, 0.05) is 78.0 Å². The first kappa shape index (κ1) is 127. The Hall–Kier alpha value is -7.80. The van der Waals surface area contributed by atoms with E-state index in [1.165, 1.54) is 160 Å². The molecule has 9 aromatic carbocycles. The molecule has 0 radical (unpaired) electrons. The third kappa shape index (κ3) is 49.1. The number of unbranched alkanes of at least 4 members (excludes halogenated alkanes) is 22. The molecule has 18 nitrogen and oxygen atoms in total. The summed E-state index contributed by atoms with van der Waals surface area (Å²) in [6.07, 6.45) is 26.8. The summed E-state index contributed by atoms with van der Waals surface area (Å²) in [5, 5.41) is 23.4. The van der Waals surface area contributed by atoms with Crippen LogP contribution in [0.4, 0.5) is 0 Å². The van der Waals surface area contributed by atoms with Gasteiger partial charge in [-0.1, -0.05) is 422 Å². The van der Waals surface area contributed by atoms with Gasteiger partial charge in [-0.05, 0) is 69.5 Å². The average Bonchev–Trinajstić information content (AvgIpc) is 0.775. The van der Waals surface area contributed by atoms with E-state index in [-0.39, 0.29) is 152 Å². The molecule has 0 aromatic heterocycles. The van der Waals surface area contributed by atoms with Crippen LogP contribution in [0.15, 0.2) is 231 Å². The fourth-order valence-corrected chi connectivity index (χ4v) is 19.4. The van der Waals surface area contributed by atoms with Gasteiger partial charge in [0.25, 0.3) is 0 Å². The Bertz CT molecular complexity index is 4400. The lowest BCUT2D eigenvalue weighted by Gasteiger charge is -2.30. The van der Waals surface area contributed by atoms with Crippen molar-refractivity contribution in [2.24, 2.45) is 0 Å². The van der Waals surface area contributed by atoms with Crippen LogP contribution in [0, 0.1) is 0 Å². The number of aliphatic hydroxyl groups is 2. The van der Waals surface area contributed by atoms with Gasteiger partial charge in [-0.25, -0.2) is 0 Å². The summed E-state index contributed by atoms with van der Waals surface area (Å²) in [6.45, 7) is 23.1. The van der Waals surface area contributed by atoms with E-state index in [1.54, 1.807) is 14.2 Å². The molecule has 14 atom stereocenters. The predicted octanol–water partition coefficient (Wildman–Crippen LogP) is 21.5. The van der Waals surface area contributed by atoms with Gasteiger partial charge in [0.1, 0.15) is 99.1 Å². The molecule has 0 saturated heterocycles. The monoisotopic (exact) mass is 2080 g/mol. The van der Waals surface area contributed by atoms with E-state index in [0.29, 0.717) is 60.0 Å². The molecule has 148 heavy (non-hydrogen) atoms. The molecule has 14 unspecified atom stereocenters. The molecule has 822 valence electrons. The Balaban J connectivity index is 0.0000148. The number of quaternary nitrogens is 2. The van der Waals surface area contributed by atoms with Gasteiger partial charge in [0.05, 0.1) is 134 Å². The van der Waals surface area contributed by atoms with Crippen molar-refractivity contribution in [1.82, 2.24) is 0 Å². The van der Waals surface area contributed by atoms with Crippen LogP contribution in [0.2, 0.25) is 0 Å². The van der Waals surface area contributed by atoms with Gasteiger partial charge >= 0.3 is 0 Å². The van der Waals surface area contributed by atoms with Crippen molar-refractivity contribution in [2.45, 2.75) is 307 Å². The van der Waals surface area contributed by atoms with Crippen LogP contribution in [0.25, 0.3) is 0 Å². The molecule has 0 spiro atoms. The zero-order chi connectivity index (χ0) is 104. The molecule has 0 amide bonds. The Morgan fingerprint density at radius 1 is 0.236 bits per heavy atom. The van der Waals surface area contributed by atoms with E-state index in [1.807, 2.05) is 24.3 Å². The number of aliphatic hydroxyl groups excluding tert-OH is 2. The van der Waals surface area contributed by atoms with Crippen molar-refractivity contribution in [1.29, 1.82) is 0 Å². The summed E-state index contributed by atoms with van der Waals surface area (Å²) >= 11 is 0. The van der Waals surface area contributed by atoms with Crippen LogP contribution in [0.1, 0.15) is 325 Å². The standard InChI is InChI=1S/C128H190N2O16.2ClH/c1-17-19-21-23-25-27-29-31-33-35-37-57-72-117(141-95-121(137-87-113(131)85-129(9,10)11)97-145-127-123(101(5)107-64-49-41-50-65-107)80-111(99(3)105-60-45-39-46-61-105)81-124(127)102(6)108-66-51-42-52-67-108)91-143-119(89-135-78-76-133-15)93-139-115-74-59-75-116(84-115)140-94-120(90-136-79-77-134-16)144-92-118(73-58-38-36-34-32-30-28-26-24-22-20-18-2)142-96-122(138-88-114(132)86-130(12,13)14)98-146-128-125(103(7)109-68-53-43-54-69-109)82-112(100(4)106-62-47-40-48-63-106)83-126(128)104(8)110-70-55-44-56-71-110;;/h39-56,59-71,74-75,80-84,99-104,113-114,117-122,131-132H,17-38,57-58,72-73,76-79,85-98H2,1-16H3;2*1H/q+2;;/p-2. The number of likely N-dealkylation sites (N-methyl/N-ethyl adjacent to an activating group) is 2. The second-order valence-electron chi connectivity index (χ2n) is 43.0. The number of benzene rings is 9. The minimum Gasteiger partial charge on any atom is -1.00 e. The van der Waals surface area contributed by atoms with Crippen LogP contribution in [0.3, 0.4) is 0 Å². The Morgan fingerprint density at radius 2 is 0.473 bits per heavy atom. The normalized spacial score (nSPS) is 14.7. The van der Waals surface area contributed by atoms with Gasteiger partial charge in [-0.15, -0.1) is 0 Å². The van der Waals surface area contributed by atoms with Gasteiger partial charge in [0.2, 0.25) is 0 Å². The number of hydrogen-bond acceptors (Lipinski definition) is 16. The molecule has 0 bridgehead atoms. The van der Waals surface area contributed by atoms with Crippen molar-refractivity contribution in [2.75, 3.05) is 175 Å². The van der Waals surface area contributed by atoms with E-state index < -0.39 is 36.6 Å². The largest absolute Gasteiger partial charge is 1.00 e. The lowest BCUT2D eigenvalue weighted by Crippen LogP contribution is -3.00. The van der Waals surface area contributed by atoms with Gasteiger partial charge < -0.3 is 110 Å². The van der Waals surface area contributed by atoms with E-state index in [0.717, 1.165) is 85.1 Å². The maximum absolute atomic E-state index is 11.7.